The standard InChI is InChI=1S/C12H11N5O5/c18-8-7(9(19)15-11(21)14-8)10(20)16-17-12(22)13-6-4-2-1-3-5-6/h1-5,7H,(H,16,20)(H2,13,17,22)(H2,14,15,18,19,21). The first-order valence-corrected chi connectivity index (χ1v) is 6.05. The van der Waals surface area contributed by atoms with Crippen molar-refractivity contribution in [2.75, 3.05) is 5.32 Å². The van der Waals surface area contributed by atoms with Crippen molar-refractivity contribution in [3.05, 3.63) is 30.3 Å². The van der Waals surface area contributed by atoms with E-state index in [2.05, 4.69) is 5.32 Å². The third-order valence-corrected chi connectivity index (χ3v) is 2.59. The molecule has 0 radical (unpaired) electrons. The zero-order valence-corrected chi connectivity index (χ0v) is 11.0. The molecule has 0 aliphatic carbocycles. The Balaban J connectivity index is 1.87. The van der Waals surface area contributed by atoms with Gasteiger partial charge in [0.15, 0.2) is 5.92 Å². The van der Waals surface area contributed by atoms with Gasteiger partial charge in [-0.25, -0.2) is 15.0 Å². The fraction of sp³-hybridized carbons (Fsp3) is 0.0833. The Morgan fingerprint density at radius 2 is 1.50 bits per heavy atom. The second-order valence-corrected chi connectivity index (χ2v) is 4.18. The van der Waals surface area contributed by atoms with Gasteiger partial charge in [-0.05, 0) is 12.1 Å². The average Bonchev–Trinajstić information content (AvgIpc) is 2.45. The maximum absolute atomic E-state index is 11.7. The number of carbonyl (C=O) groups is 5. The zero-order valence-electron chi connectivity index (χ0n) is 11.0. The highest BCUT2D eigenvalue weighted by atomic mass is 16.2. The van der Waals surface area contributed by atoms with E-state index in [1.165, 1.54) is 0 Å². The quantitative estimate of drug-likeness (QED) is 0.345. The smallest absolute Gasteiger partial charge is 0.307 e. The van der Waals surface area contributed by atoms with Gasteiger partial charge in [-0.2, -0.15) is 0 Å². The lowest BCUT2D eigenvalue weighted by atomic mass is 10.1. The third kappa shape index (κ3) is 3.56. The summed E-state index contributed by atoms with van der Waals surface area (Å²) in [5.41, 5.74) is 4.38. The predicted octanol–water partition coefficient (Wildman–Crippen LogP) is -1.18. The van der Waals surface area contributed by atoms with Gasteiger partial charge in [0.1, 0.15) is 0 Å². The van der Waals surface area contributed by atoms with Crippen LogP contribution in [0, 0.1) is 5.92 Å². The molecule has 1 aliphatic heterocycles. The van der Waals surface area contributed by atoms with Gasteiger partial charge in [0.25, 0.3) is 5.91 Å². The summed E-state index contributed by atoms with van der Waals surface area (Å²) in [5, 5.41) is 5.95. The summed E-state index contributed by atoms with van der Waals surface area (Å²) in [7, 11) is 0. The molecule has 0 unspecified atom stereocenters. The number of amides is 7. The highest BCUT2D eigenvalue weighted by Crippen LogP contribution is 2.04. The van der Waals surface area contributed by atoms with Crippen molar-refractivity contribution in [2.24, 2.45) is 5.92 Å². The van der Waals surface area contributed by atoms with Crippen molar-refractivity contribution < 1.29 is 24.0 Å². The molecule has 0 spiro atoms. The number of urea groups is 2. The fourth-order valence-electron chi connectivity index (χ4n) is 1.63. The summed E-state index contributed by atoms with van der Waals surface area (Å²) in [5.74, 6) is -4.99. The Kier molecular flexibility index (Phi) is 4.32. The Labute approximate surface area is 123 Å². The summed E-state index contributed by atoms with van der Waals surface area (Å²) >= 11 is 0. The van der Waals surface area contributed by atoms with Crippen LogP contribution >= 0.6 is 0 Å². The van der Waals surface area contributed by atoms with Crippen LogP contribution in [0.2, 0.25) is 0 Å². The van der Waals surface area contributed by atoms with Gasteiger partial charge in [0.2, 0.25) is 11.8 Å². The minimum absolute atomic E-state index is 0.480. The van der Waals surface area contributed by atoms with Crippen LogP contribution in [0.25, 0.3) is 0 Å². The van der Waals surface area contributed by atoms with Crippen molar-refractivity contribution in [1.29, 1.82) is 0 Å². The SMILES string of the molecule is O=C1NC(=O)C(C(=O)NNC(=O)Nc2ccccc2)C(=O)N1. The second kappa shape index (κ2) is 6.35. The molecule has 10 heteroatoms. The van der Waals surface area contributed by atoms with Gasteiger partial charge in [-0.3, -0.25) is 30.4 Å². The molecular formula is C12H11N5O5. The molecular weight excluding hydrogens is 294 g/mol. The minimum Gasteiger partial charge on any atom is -0.307 e. The normalized spacial score (nSPS) is 14.6. The van der Waals surface area contributed by atoms with Crippen LogP contribution in [0.5, 0.6) is 0 Å². The van der Waals surface area contributed by atoms with E-state index in [0.29, 0.717) is 5.69 Å². The molecule has 5 N–H and O–H groups in total. The van der Waals surface area contributed by atoms with Crippen LogP contribution in [-0.2, 0) is 14.4 Å². The number of imide groups is 2. The summed E-state index contributed by atoms with van der Waals surface area (Å²) in [6.07, 6.45) is 0. The Morgan fingerprint density at radius 1 is 0.909 bits per heavy atom. The Morgan fingerprint density at radius 3 is 2.09 bits per heavy atom. The lowest BCUT2D eigenvalue weighted by Crippen LogP contribution is -2.61. The number of rotatable bonds is 2. The number of nitrogens with one attached hydrogen (secondary N) is 5. The molecule has 0 saturated carbocycles. The van der Waals surface area contributed by atoms with E-state index in [9.17, 15) is 24.0 Å². The molecule has 10 nitrogen and oxygen atoms in total. The van der Waals surface area contributed by atoms with Crippen molar-refractivity contribution in [2.45, 2.75) is 0 Å². The van der Waals surface area contributed by atoms with Gasteiger partial charge in [-0.1, -0.05) is 18.2 Å². The lowest BCUT2D eigenvalue weighted by molar-refractivity contribution is -0.143. The number of barbiturate groups is 1. The minimum atomic E-state index is -1.77. The molecule has 0 aromatic heterocycles. The zero-order chi connectivity index (χ0) is 16.1. The molecule has 1 aromatic rings. The topological polar surface area (TPSA) is 146 Å². The van der Waals surface area contributed by atoms with Gasteiger partial charge in [0.05, 0.1) is 0 Å². The monoisotopic (exact) mass is 305 g/mol. The lowest BCUT2D eigenvalue weighted by Gasteiger charge is -2.20. The van der Waals surface area contributed by atoms with Crippen molar-refractivity contribution in [3.8, 4) is 0 Å². The molecule has 1 heterocycles. The molecule has 1 aliphatic rings. The molecule has 0 bridgehead atoms. The van der Waals surface area contributed by atoms with Crippen LogP contribution in [-0.4, -0.2) is 29.8 Å². The first kappa shape index (κ1) is 15.0. The van der Waals surface area contributed by atoms with Crippen LogP contribution < -0.4 is 26.8 Å². The number of hydrogen-bond acceptors (Lipinski definition) is 5. The Hall–Kier alpha value is -3.43. The fourth-order valence-corrected chi connectivity index (χ4v) is 1.63. The largest absolute Gasteiger partial charge is 0.337 e. The summed E-state index contributed by atoms with van der Waals surface area (Å²) in [4.78, 5) is 56.9. The van der Waals surface area contributed by atoms with Crippen LogP contribution in [0.1, 0.15) is 0 Å². The van der Waals surface area contributed by atoms with Crippen molar-refractivity contribution in [1.82, 2.24) is 21.5 Å². The van der Waals surface area contributed by atoms with Crippen LogP contribution in [0.3, 0.4) is 0 Å². The van der Waals surface area contributed by atoms with Gasteiger partial charge in [0, 0.05) is 5.69 Å². The molecule has 1 fully saturated rings. The van der Waals surface area contributed by atoms with Crippen LogP contribution in [0.4, 0.5) is 15.3 Å². The molecule has 1 saturated heterocycles. The second-order valence-electron chi connectivity index (χ2n) is 4.18. The van der Waals surface area contributed by atoms with Gasteiger partial charge in [-0.15, -0.1) is 0 Å². The van der Waals surface area contributed by atoms with E-state index < -0.39 is 35.7 Å². The molecule has 22 heavy (non-hydrogen) atoms. The van der Waals surface area contributed by atoms with Crippen molar-refractivity contribution in [3.63, 3.8) is 0 Å². The van der Waals surface area contributed by atoms with Gasteiger partial charge >= 0.3 is 12.1 Å². The van der Waals surface area contributed by atoms with E-state index >= 15 is 0 Å². The average molecular weight is 305 g/mol. The van der Waals surface area contributed by atoms with Gasteiger partial charge < -0.3 is 5.32 Å². The number of benzene rings is 1. The van der Waals surface area contributed by atoms with E-state index in [1.54, 1.807) is 41.0 Å². The maximum atomic E-state index is 11.7. The summed E-state index contributed by atoms with van der Waals surface area (Å²) < 4.78 is 0. The first-order valence-electron chi connectivity index (χ1n) is 6.05. The number of hydrazine groups is 1. The van der Waals surface area contributed by atoms with E-state index in [-0.39, 0.29) is 0 Å². The number of anilines is 1. The molecule has 2 rings (SSSR count). The molecule has 1 aromatic carbocycles. The molecule has 7 amide bonds. The maximum Gasteiger partial charge on any atom is 0.337 e. The summed E-state index contributed by atoms with van der Waals surface area (Å²) in [6, 6.07) is 6.61. The van der Waals surface area contributed by atoms with Crippen molar-refractivity contribution >= 4 is 35.5 Å². The highest BCUT2D eigenvalue weighted by molar-refractivity contribution is 6.26. The summed E-state index contributed by atoms with van der Waals surface area (Å²) in [6.45, 7) is 0. The first-order chi connectivity index (χ1) is 10.5. The molecule has 0 atom stereocenters. The van der Waals surface area contributed by atoms with E-state index in [0.717, 1.165) is 0 Å². The Bertz CT molecular complexity index is 625. The van der Waals surface area contributed by atoms with E-state index in [1.807, 2.05) is 10.9 Å². The molecule has 114 valence electrons. The number of hydrogen-bond donors (Lipinski definition) is 5. The predicted molar refractivity (Wildman–Crippen MR) is 71.9 cm³/mol. The van der Waals surface area contributed by atoms with Crippen LogP contribution in [0.15, 0.2) is 30.3 Å². The number of carbonyl (C=O) groups excluding carboxylic acids is 5. The third-order valence-electron chi connectivity index (χ3n) is 2.59. The number of para-hydroxylation sites is 1. The van der Waals surface area contributed by atoms with E-state index in [4.69, 9.17) is 0 Å². The highest BCUT2D eigenvalue weighted by Gasteiger charge is 2.40.